The Labute approximate surface area is 172 Å². The molecule has 0 radical (unpaired) electrons. The van der Waals surface area contributed by atoms with Gasteiger partial charge in [0.1, 0.15) is 6.61 Å². The predicted molar refractivity (Wildman–Crippen MR) is 111 cm³/mol. The summed E-state index contributed by atoms with van der Waals surface area (Å²) >= 11 is 4.51. The van der Waals surface area contributed by atoms with Crippen LogP contribution in [0.5, 0.6) is 0 Å². The summed E-state index contributed by atoms with van der Waals surface area (Å²) in [5, 5.41) is 4.83. The summed E-state index contributed by atoms with van der Waals surface area (Å²) in [7, 11) is 0. The van der Waals surface area contributed by atoms with E-state index in [0.29, 0.717) is 22.0 Å². The zero-order valence-electron chi connectivity index (χ0n) is 14.8. The van der Waals surface area contributed by atoms with E-state index in [2.05, 4.69) is 9.97 Å². The van der Waals surface area contributed by atoms with Crippen molar-refractivity contribution in [3.05, 3.63) is 79.6 Å². The van der Waals surface area contributed by atoms with Gasteiger partial charge in [0.05, 0.1) is 22.0 Å². The van der Waals surface area contributed by atoms with Crippen molar-refractivity contribution in [2.24, 2.45) is 0 Å². The molecule has 3 heterocycles. The topological polar surface area (TPSA) is 73.6 Å². The highest BCUT2D eigenvalue weighted by atomic mass is 32.2. The fraction of sp³-hybridized carbons (Fsp3) is 0.158. The summed E-state index contributed by atoms with van der Waals surface area (Å²) in [5.74, 6) is 0.243. The van der Waals surface area contributed by atoms with Gasteiger partial charge in [-0.2, -0.15) is 0 Å². The number of hydrogen-bond acceptors (Lipinski definition) is 8. The molecule has 3 aromatic heterocycles. The first-order chi connectivity index (χ1) is 13.6. The molecule has 9 heteroatoms. The summed E-state index contributed by atoms with van der Waals surface area (Å²) in [6.07, 6.45) is 1.67. The lowest BCUT2D eigenvalue weighted by atomic mass is 10.2. The molecule has 0 atom stereocenters. The summed E-state index contributed by atoms with van der Waals surface area (Å²) in [6, 6.07) is 8.71. The molecule has 1 aromatic carbocycles. The molecule has 28 heavy (non-hydrogen) atoms. The number of rotatable bonds is 6. The molecule has 0 aliphatic heterocycles. The lowest BCUT2D eigenvalue weighted by Gasteiger charge is -2.09. The molecule has 0 N–H and O–H groups in total. The van der Waals surface area contributed by atoms with Crippen LogP contribution in [0.4, 0.5) is 0 Å². The average molecular weight is 430 g/mol. The molecule has 4 rings (SSSR count). The van der Waals surface area contributed by atoms with Crippen LogP contribution in [0.25, 0.3) is 4.96 Å². The van der Waals surface area contributed by atoms with Crippen LogP contribution >= 0.6 is 34.4 Å². The highest BCUT2D eigenvalue weighted by molar-refractivity contribution is 7.98. The second-order valence-corrected chi connectivity index (χ2v) is 8.81. The van der Waals surface area contributed by atoms with Crippen molar-refractivity contribution in [1.82, 2.24) is 14.4 Å². The van der Waals surface area contributed by atoms with Crippen molar-refractivity contribution in [2.45, 2.75) is 24.2 Å². The fourth-order valence-electron chi connectivity index (χ4n) is 2.57. The number of hydrogen-bond donors (Lipinski definition) is 0. The minimum absolute atomic E-state index is 0.0489. The molecule has 6 nitrogen and oxygen atoms in total. The van der Waals surface area contributed by atoms with Gasteiger partial charge in [-0.05, 0) is 19.1 Å². The minimum Gasteiger partial charge on any atom is -0.456 e. The van der Waals surface area contributed by atoms with Crippen LogP contribution in [0.2, 0.25) is 0 Å². The van der Waals surface area contributed by atoms with Crippen molar-refractivity contribution in [2.75, 3.05) is 0 Å². The molecule has 0 unspecified atom stereocenters. The van der Waals surface area contributed by atoms with E-state index in [1.807, 2.05) is 24.4 Å². The molecule has 0 saturated carbocycles. The van der Waals surface area contributed by atoms with E-state index in [0.717, 1.165) is 15.6 Å². The Morgan fingerprint density at radius 3 is 2.89 bits per heavy atom. The summed E-state index contributed by atoms with van der Waals surface area (Å²) in [5.41, 5.74) is 1.73. The summed E-state index contributed by atoms with van der Waals surface area (Å²) in [4.78, 5) is 34.8. The highest BCUT2D eigenvalue weighted by Crippen LogP contribution is 2.27. The lowest BCUT2D eigenvalue weighted by molar-refractivity contribution is 0.0463. The number of nitrogens with zero attached hydrogens (tertiary/aromatic N) is 3. The van der Waals surface area contributed by atoms with Crippen LogP contribution in [0.3, 0.4) is 0 Å². The molecule has 142 valence electrons. The Hall–Kier alpha value is -2.49. The van der Waals surface area contributed by atoms with Crippen LogP contribution in [-0.4, -0.2) is 20.3 Å². The first kappa shape index (κ1) is 18.9. The maximum absolute atomic E-state index is 12.6. The van der Waals surface area contributed by atoms with Crippen LogP contribution in [0.1, 0.15) is 26.8 Å². The molecule has 0 bridgehead atoms. The Bertz CT molecular complexity index is 1200. The molecule has 0 spiro atoms. The Balaban J connectivity index is 1.46. The van der Waals surface area contributed by atoms with Gasteiger partial charge in [-0.3, -0.25) is 9.20 Å². The number of thioether (sulfide) groups is 1. The average Bonchev–Trinajstić information content (AvgIpc) is 3.33. The third-order valence-electron chi connectivity index (χ3n) is 3.86. The van der Waals surface area contributed by atoms with Crippen molar-refractivity contribution >= 4 is 45.4 Å². The Morgan fingerprint density at radius 2 is 2.07 bits per heavy atom. The van der Waals surface area contributed by atoms with Crippen LogP contribution in [0.15, 0.2) is 57.0 Å². The van der Waals surface area contributed by atoms with Crippen molar-refractivity contribution in [1.29, 1.82) is 0 Å². The molecule has 0 saturated heterocycles. The van der Waals surface area contributed by atoms with E-state index in [-0.39, 0.29) is 12.2 Å². The molecular formula is C19H15N3O3S3. The predicted octanol–water partition coefficient (Wildman–Crippen LogP) is 4.17. The highest BCUT2D eigenvalue weighted by Gasteiger charge is 2.14. The number of fused-ring (bicyclic) bond motifs is 1. The number of aromatic nitrogens is 3. The number of carbonyl (C=O) groups is 1. The van der Waals surface area contributed by atoms with E-state index in [4.69, 9.17) is 4.74 Å². The number of benzene rings is 1. The molecular weight excluding hydrogens is 414 g/mol. The standard InChI is InChI=1S/C19H15N3O3S3/c1-12-20-14(10-27-12)11-28-16-5-3-2-4-15(16)18(24)25-9-13-8-17(23)22-6-7-26-19(22)21-13/h2-8,10H,9,11H2,1H3. The van der Waals surface area contributed by atoms with Gasteiger partial charge in [0.2, 0.25) is 0 Å². The quantitative estimate of drug-likeness (QED) is 0.338. The van der Waals surface area contributed by atoms with E-state index in [9.17, 15) is 9.59 Å². The van der Waals surface area contributed by atoms with Gasteiger partial charge in [0.25, 0.3) is 5.56 Å². The normalized spacial score (nSPS) is 11.0. The van der Waals surface area contributed by atoms with Gasteiger partial charge in [-0.25, -0.2) is 14.8 Å². The SMILES string of the molecule is Cc1nc(CSc2ccccc2C(=O)OCc2cc(=O)n3ccsc3n2)cs1. The van der Waals surface area contributed by atoms with Gasteiger partial charge in [0, 0.05) is 33.7 Å². The third-order valence-corrected chi connectivity index (χ3v) is 6.54. The number of ether oxygens (including phenoxy) is 1. The number of thiazole rings is 2. The zero-order chi connectivity index (χ0) is 19.5. The van der Waals surface area contributed by atoms with Gasteiger partial charge in [-0.15, -0.1) is 34.4 Å². The van der Waals surface area contributed by atoms with Gasteiger partial charge in [-0.1, -0.05) is 12.1 Å². The van der Waals surface area contributed by atoms with Gasteiger partial charge < -0.3 is 4.74 Å². The number of carbonyl (C=O) groups excluding carboxylic acids is 1. The fourth-order valence-corrected chi connectivity index (χ4v) is 4.96. The number of esters is 1. The monoisotopic (exact) mass is 429 g/mol. The molecule has 0 fully saturated rings. The summed E-state index contributed by atoms with van der Waals surface area (Å²) < 4.78 is 6.88. The third kappa shape index (κ3) is 4.16. The Morgan fingerprint density at radius 1 is 1.21 bits per heavy atom. The first-order valence-electron chi connectivity index (χ1n) is 8.36. The van der Waals surface area contributed by atoms with Crippen molar-refractivity contribution in [3.63, 3.8) is 0 Å². The van der Waals surface area contributed by atoms with E-state index in [1.165, 1.54) is 21.8 Å². The van der Waals surface area contributed by atoms with Gasteiger partial charge in [0.15, 0.2) is 4.96 Å². The molecule has 0 amide bonds. The van der Waals surface area contributed by atoms with Gasteiger partial charge >= 0.3 is 5.97 Å². The minimum atomic E-state index is -0.439. The second kappa shape index (κ2) is 8.26. The van der Waals surface area contributed by atoms with E-state index < -0.39 is 5.97 Å². The van der Waals surface area contributed by atoms with Crippen LogP contribution < -0.4 is 5.56 Å². The molecule has 4 aromatic rings. The van der Waals surface area contributed by atoms with Crippen molar-refractivity contribution < 1.29 is 9.53 Å². The smallest absolute Gasteiger partial charge is 0.339 e. The van der Waals surface area contributed by atoms with E-state index >= 15 is 0 Å². The second-order valence-electron chi connectivity index (χ2n) is 5.86. The maximum atomic E-state index is 12.6. The van der Waals surface area contributed by atoms with E-state index in [1.54, 1.807) is 46.8 Å². The number of aryl methyl sites for hydroxylation is 1. The van der Waals surface area contributed by atoms with Crippen LogP contribution in [0, 0.1) is 6.92 Å². The Kier molecular flexibility index (Phi) is 5.56. The van der Waals surface area contributed by atoms with Crippen LogP contribution in [-0.2, 0) is 17.1 Å². The van der Waals surface area contributed by atoms with Crippen molar-refractivity contribution in [3.8, 4) is 0 Å². The summed E-state index contributed by atoms with van der Waals surface area (Å²) in [6.45, 7) is 1.92. The zero-order valence-corrected chi connectivity index (χ0v) is 17.3. The molecule has 0 aliphatic carbocycles. The first-order valence-corrected chi connectivity index (χ1v) is 11.1. The lowest BCUT2D eigenvalue weighted by Crippen LogP contribution is -2.15. The molecule has 0 aliphatic rings. The maximum Gasteiger partial charge on any atom is 0.339 e. The largest absolute Gasteiger partial charge is 0.456 e.